The van der Waals surface area contributed by atoms with Crippen LogP contribution in [-0.4, -0.2) is 36.6 Å². The average molecular weight is 196 g/mol. The molecule has 2 rings (SSSR count). The second-order valence-electron chi connectivity index (χ2n) is 4.92. The molecule has 0 aliphatic carbocycles. The van der Waals surface area contributed by atoms with E-state index in [0.717, 1.165) is 0 Å². The van der Waals surface area contributed by atoms with Crippen LogP contribution in [0.15, 0.2) is 0 Å². The van der Waals surface area contributed by atoms with E-state index < -0.39 is 0 Å². The molecule has 2 heterocycles. The summed E-state index contributed by atoms with van der Waals surface area (Å²) in [4.78, 5) is 2.79. The van der Waals surface area contributed by atoms with Crippen molar-refractivity contribution in [3.05, 3.63) is 0 Å². The molecule has 2 saturated heterocycles. The van der Waals surface area contributed by atoms with E-state index in [4.69, 9.17) is 0 Å². The van der Waals surface area contributed by atoms with Crippen LogP contribution in [0.5, 0.6) is 0 Å². The Bertz CT molecular complexity index is 173. The monoisotopic (exact) mass is 196 g/mol. The second-order valence-corrected chi connectivity index (χ2v) is 4.92. The number of rotatable bonds is 3. The Balaban J connectivity index is 1.93. The van der Waals surface area contributed by atoms with E-state index in [9.17, 15) is 0 Å². The Labute approximate surface area is 88.1 Å². The Morgan fingerprint density at radius 1 is 1.21 bits per heavy atom. The molecule has 1 N–H and O–H groups in total. The van der Waals surface area contributed by atoms with Crippen LogP contribution in [-0.2, 0) is 0 Å². The lowest BCUT2D eigenvalue weighted by Crippen LogP contribution is -2.51. The highest BCUT2D eigenvalue weighted by Crippen LogP contribution is 2.36. The summed E-state index contributed by atoms with van der Waals surface area (Å²) in [5.41, 5.74) is 0.612. The summed E-state index contributed by atoms with van der Waals surface area (Å²) in [5.74, 6) is 0. The highest BCUT2D eigenvalue weighted by molar-refractivity contribution is 4.98. The maximum absolute atomic E-state index is 3.49. The van der Waals surface area contributed by atoms with Crippen LogP contribution < -0.4 is 5.32 Å². The first kappa shape index (κ1) is 10.4. The smallest absolute Gasteiger partial charge is 0.0234 e. The van der Waals surface area contributed by atoms with Crippen molar-refractivity contribution in [2.75, 3.05) is 26.2 Å². The van der Waals surface area contributed by atoms with E-state index in [0.29, 0.717) is 5.54 Å². The molecule has 0 radical (unpaired) electrons. The van der Waals surface area contributed by atoms with E-state index in [-0.39, 0.29) is 0 Å². The van der Waals surface area contributed by atoms with E-state index in [2.05, 4.69) is 17.1 Å². The van der Waals surface area contributed by atoms with Crippen LogP contribution in [0.3, 0.4) is 0 Å². The van der Waals surface area contributed by atoms with Gasteiger partial charge in [-0.3, -0.25) is 4.90 Å². The number of nitrogens with one attached hydrogen (secondary N) is 1. The molecule has 14 heavy (non-hydrogen) atoms. The summed E-state index contributed by atoms with van der Waals surface area (Å²) in [6.07, 6.45) is 8.38. The minimum absolute atomic E-state index is 0.612. The first-order valence-electron chi connectivity index (χ1n) is 6.33. The van der Waals surface area contributed by atoms with Gasteiger partial charge in [0.2, 0.25) is 0 Å². The highest BCUT2D eigenvalue weighted by Gasteiger charge is 2.40. The third-order valence-electron chi connectivity index (χ3n) is 4.06. The predicted octanol–water partition coefficient (Wildman–Crippen LogP) is 2.00. The number of piperidine rings is 1. The molecule has 82 valence electrons. The van der Waals surface area contributed by atoms with Crippen LogP contribution in [0, 0.1) is 0 Å². The zero-order valence-corrected chi connectivity index (χ0v) is 9.52. The summed E-state index contributed by atoms with van der Waals surface area (Å²) in [6, 6.07) is 0. The number of likely N-dealkylation sites (tertiary alicyclic amines) is 1. The molecule has 0 aromatic rings. The fourth-order valence-electron chi connectivity index (χ4n) is 3.15. The van der Waals surface area contributed by atoms with Gasteiger partial charge in [-0.15, -0.1) is 0 Å². The van der Waals surface area contributed by atoms with Crippen molar-refractivity contribution < 1.29 is 0 Å². The molecule has 2 nitrogen and oxygen atoms in total. The van der Waals surface area contributed by atoms with Gasteiger partial charge in [0.15, 0.2) is 0 Å². The molecule has 0 amide bonds. The van der Waals surface area contributed by atoms with Crippen LogP contribution in [0.1, 0.15) is 45.4 Å². The normalized spacial score (nSPS) is 27.2. The van der Waals surface area contributed by atoms with Gasteiger partial charge in [0.05, 0.1) is 0 Å². The number of nitrogens with zero attached hydrogens (tertiary/aromatic N) is 1. The van der Waals surface area contributed by atoms with Crippen LogP contribution in [0.25, 0.3) is 0 Å². The molecule has 0 atom stereocenters. The number of unbranched alkanes of at least 4 members (excludes halogenated alkanes) is 1. The Hall–Kier alpha value is -0.0800. The van der Waals surface area contributed by atoms with Crippen molar-refractivity contribution in [1.29, 1.82) is 0 Å². The van der Waals surface area contributed by atoms with Gasteiger partial charge in [-0.05, 0) is 58.3 Å². The summed E-state index contributed by atoms with van der Waals surface area (Å²) in [7, 11) is 0. The summed E-state index contributed by atoms with van der Waals surface area (Å²) < 4.78 is 0. The van der Waals surface area contributed by atoms with E-state index in [1.54, 1.807) is 0 Å². The molecule has 0 aromatic heterocycles. The van der Waals surface area contributed by atoms with Gasteiger partial charge in [-0.2, -0.15) is 0 Å². The van der Waals surface area contributed by atoms with Gasteiger partial charge < -0.3 is 5.32 Å². The highest BCUT2D eigenvalue weighted by atomic mass is 15.2. The molecule has 0 saturated carbocycles. The molecule has 0 unspecified atom stereocenters. The van der Waals surface area contributed by atoms with Crippen molar-refractivity contribution in [1.82, 2.24) is 10.2 Å². The summed E-state index contributed by atoms with van der Waals surface area (Å²) in [5, 5.41) is 3.49. The number of hydrogen-bond donors (Lipinski definition) is 1. The molecule has 0 bridgehead atoms. The molecule has 1 spiro atoms. The summed E-state index contributed by atoms with van der Waals surface area (Å²) >= 11 is 0. The van der Waals surface area contributed by atoms with Gasteiger partial charge in [0, 0.05) is 5.54 Å². The zero-order valence-electron chi connectivity index (χ0n) is 9.52. The second kappa shape index (κ2) is 4.63. The number of hydrogen-bond acceptors (Lipinski definition) is 2. The van der Waals surface area contributed by atoms with Gasteiger partial charge in [0.1, 0.15) is 0 Å². The van der Waals surface area contributed by atoms with Crippen molar-refractivity contribution >= 4 is 0 Å². The van der Waals surface area contributed by atoms with Gasteiger partial charge >= 0.3 is 0 Å². The molecule has 2 aliphatic rings. The SMILES string of the molecule is CCCCN1CCCC12CCNCC2. The van der Waals surface area contributed by atoms with Gasteiger partial charge in [-0.25, -0.2) is 0 Å². The molecule has 2 aliphatic heterocycles. The molecule has 0 aromatic carbocycles. The third kappa shape index (κ3) is 1.96. The van der Waals surface area contributed by atoms with Crippen LogP contribution in [0.2, 0.25) is 0 Å². The predicted molar refractivity (Wildman–Crippen MR) is 60.5 cm³/mol. The minimum atomic E-state index is 0.612. The lowest BCUT2D eigenvalue weighted by Gasteiger charge is -2.42. The third-order valence-corrected chi connectivity index (χ3v) is 4.06. The standard InChI is InChI=1S/C12H24N2/c1-2-3-10-14-11-4-5-12(14)6-8-13-9-7-12/h13H,2-11H2,1H3. The molecular weight excluding hydrogens is 172 g/mol. The van der Waals surface area contributed by atoms with Crippen LogP contribution in [0.4, 0.5) is 0 Å². The molecule has 2 fully saturated rings. The lowest BCUT2D eigenvalue weighted by molar-refractivity contribution is 0.0985. The Morgan fingerprint density at radius 2 is 2.00 bits per heavy atom. The first-order valence-corrected chi connectivity index (χ1v) is 6.33. The topological polar surface area (TPSA) is 15.3 Å². The van der Waals surface area contributed by atoms with E-state index in [1.165, 1.54) is 64.7 Å². The fraction of sp³-hybridized carbons (Fsp3) is 1.00. The Kier molecular flexibility index (Phi) is 3.45. The zero-order chi connectivity index (χ0) is 9.86. The Morgan fingerprint density at radius 3 is 2.71 bits per heavy atom. The van der Waals surface area contributed by atoms with Gasteiger partial charge in [0.25, 0.3) is 0 Å². The average Bonchev–Trinajstić information content (AvgIpc) is 2.59. The van der Waals surface area contributed by atoms with Crippen molar-refractivity contribution in [3.63, 3.8) is 0 Å². The van der Waals surface area contributed by atoms with E-state index >= 15 is 0 Å². The maximum atomic E-state index is 3.49. The maximum Gasteiger partial charge on any atom is 0.0234 e. The quantitative estimate of drug-likeness (QED) is 0.743. The van der Waals surface area contributed by atoms with E-state index in [1.807, 2.05) is 0 Å². The minimum Gasteiger partial charge on any atom is -0.317 e. The van der Waals surface area contributed by atoms with Gasteiger partial charge in [-0.1, -0.05) is 13.3 Å². The fourth-order valence-corrected chi connectivity index (χ4v) is 3.15. The van der Waals surface area contributed by atoms with Crippen molar-refractivity contribution in [3.8, 4) is 0 Å². The largest absolute Gasteiger partial charge is 0.317 e. The van der Waals surface area contributed by atoms with Crippen LogP contribution >= 0.6 is 0 Å². The lowest BCUT2D eigenvalue weighted by atomic mass is 9.85. The van der Waals surface area contributed by atoms with Crippen molar-refractivity contribution in [2.45, 2.75) is 51.0 Å². The first-order chi connectivity index (χ1) is 6.87. The summed E-state index contributed by atoms with van der Waals surface area (Å²) in [6.45, 7) is 7.48. The molecular formula is C12H24N2. The van der Waals surface area contributed by atoms with Crippen molar-refractivity contribution in [2.24, 2.45) is 0 Å². The molecule has 2 heteroatoms.